The summed E-state index contributed by atoms with van der Waals surface area (Å²) in [4.78, 5) is 31.2. The molecule has 1 fully saturated rings. The van der Waals surface area contributed by atoms with Crippen LogP contribution in [0.2, 0.25) is 0 Å². The molecule has 13 nitrogen and oxygen atoms in total. The number of aliphatic hydroxyl groups excluding tert-OH is 3. The maximum Gasteiger partial charge on any atom is 0.483 e. The average Bonchev–Trinajstić information content (AvgIpc) is 2.74. The monoisotopic (exact) mass is 547 g/mol. The number of amides is 1. The van der Waals surface area contributed by atoms with Gasteiger partial charge in [0.25, 0.3) is 0 Å². The van der Waals surface area contributed by atoms with E-state index in [2.05, 4.69) is 29.6 Å². The summed E-state index contributed by atoms with van der Waals surface area (Å²) in [5.74, 6) is -0.531. The van der Waals surface area contributed by atoms with Gasteiger partial charge in [-0.15, -0.1) is 0 Å². The molecule has 8 unspecified atom stereocenters. The summed E-state index contributed by atoms with van der Waals surface area (Å²) in [6, 6.07) is -1.55. The topological polar surface area (TPSA) is 201 Å². The molecule has 206 valence electrons. The van der Waals surface area contributed by atoms with Crippen LogP contribution in [0, 0.1) is 5.92 Å². The number of phosphoric ester groups is 2. The van der Waals surface area contributed by atoms with Crippen molar-refractivity contribution in [2.75, 3.05) is 13.2 Å². The molecule has 6 N–H and O–H groups in total. The third kappa shape index (κ3) is 11.9. The third-order valence-corrected chi connectivity index (χ3v) is 8.14. The zero-order valence-electron chi connectivity index (χ0n) is 20.5. The van der Waals surface area contributed by atoms with E-state index < -0.39 is 58.8 Å². The second-order valence-corrected chi connectivity index (χ2v) is 11.6. The SMILES string of the molecule is CC/C(C)=C/CCCC(C)CCOP(=O)(O)OP(=O)(O)OC1OC(CO)C(O)C(O)C1NC(C)=O. The van der Waals surface area contributed by atoms with E-state index in [4.69, 9.17) is 13.8 Å². The fourth-order valence-electron chi connectivity index (χ4n) is 3.34. The molecule has 0 spiro atoms. The fraction of sp³-hybridized carbons (Fsp3) is 0.850. The molecule has 35 heavy (non-hydrogen) atoms. The Morgan fingerprint density at radius 3 is 2.37 bits per heavy atom. The normalized spacial score (nSPS) is 29.7. The van der Waals surface area contributed by atoms with Gasteiger partial charge in [0.2, 0.25) is 5.91 Å². The molecule has 15 heteroatoms. The van der Waals surface area contributed by atoms with Crippen molar-refractivity contribution in [1.82, 2.24) is 5.32 Å². The van der Waals surface area contributed by atoms with Crippen molar-refractivity contribution in [3.05, 3.63) is 11.6 Å². The van der Waals surface area contributed by atoms with Gasteiger partial charge >= 0.3 is 15.6 Å². The molecule has 1 aliphatic heterocycles. The van der Waals surface area contributed by atoms with Crippen LogP contribution >= 0.6 is 15.6 Å². The van der Waals surface area contributed by atoms with Crippen LogP contribution in [0.4, 0.5) is 0 Å². The average molecular weight is 547 g/mol. The maximum absolute atomic E-state index is 12.4. The molecule has 1 saturated heterocycles. The molecule has 1 amide bonds. The Bertz CT molecular complexity index is 794. The standard InChI is InChI=1S/C20H39NO12P2/c1-5-13(2)8-6-7-9-14(3)10-11-30-34(26,27)33-35(28,29)32-20-17(21-15(4)23)19(25)18(24)16(12-22)31-20/h8,14,16-20,22,24-25H,5-7,9-12H2,1-4H3,(H,21,23)(H,26,27)(H,28,29)/b13-8+. The summed E-state index contributed by atoms with van der Waals surface area (Å²) >= 11 is 0. The third-order valence-electron chi connectivity index (χ3n) is 5.51. The van der Waals surface area contributed by atoms with Crippen LogP contribution in [0.25, 0.3) is 0 Å². The van der Waals surface area contributed by atoms with E-state index in [1.54, 1.807) is 0 Å². The number of aliphatic hydroxyl groups is 3. The Labute approximate surface area is 205 Å². The highest BCUT2D eigenvalue weighted by molar-refractivity contribution is 7.61. The first kappa shape index (κ1) is 32.3. The molecule has 0 aromatic carbocycles. The van der Waals surface area contributed by atoms with Crippen LogP contribution in [0.15, 0.2) is 11.6 Å². The Balaban J connectivity index is 2.64. The van der Waals surface area contributed by atoms with Crippen LogP contribution in [-0.4, -0.2) is 74.9 Å². The molecule has 1 rings (SSSR count). The number of unbranched alkanes of at least 4 members (excludes halogenated alkanes) is 1. The maximum atomic E-state index is 12.4. The van der Waals surface area contributed by atoms with Crippen molar-refractivity contribution in [1.29, 1.82) is 0 Å². The smallest absolute Gasteiger partial charge is 0.394 e. The molecule has 0 radical (unpaired) electrons. The Morgan fingerprint density at radius 2 is 1.80 bits per heavy atom. The van der Waals surface area contributed by atoms with E-state index in [0.29, 0.717) is 6.42 Å². The van der Waals surface area contributed by atoms with Gasteiger partial charge in [0.05, 0.1) is 13.2 Å². The predicted octanol–water partition coefficient (Wildman–Crippen LogP) is 1.73. The lowest BCUT2D eigenvalue weighted by Crippen LogP contribution is -2.64. The number of carbonyl (C=O) groups is 1. The molecular weight excluding hydrogens is 508 g/mol. The molecule has 0 saturated carbocycles. The summed E-state index contributed by atoms with van der Waals surface area (Å²) in [5, 5.41) is 31.6. The first-order valence-corrected chi connectivity index (χ1v) is 14.5. The largest absolute Gasteiger partial charge is 0.483 e. The summed E-state index contributed by atoms with van der Waals surface area (Å²) in [7, 11) is -10.4. The number of hydrogen-bond acceptors (Lipinski definition) is 10. The summed E-state index contributed by atoms with van der Waals surface area (Å²) < 4.78 is 43.5. The highest BCUT2D eigenvalue weighted by atomic mass is 31.3. The van der Waals surface area contributed by atoms with Crippen molar-refractivity contribution in [2.24, 2.45) is 5.92 Å². The number of carbonyl (C=O) groups excluding carboxylic acids is 1. The first-order chi connectivity index (χ1) is 16.2. The van der Waals surface area contributed by atoms with Gasteiger partial charge in [-0.1, -0.05) is 31.9 Å². The van der Waals surface area contributed by atoms with Crippen LogP contribution < -0.4 is 5.32 Å². The second-order valence-electron chi connectivity index (χ2n) is 8.62. The molecule has 8 atom stereocenters. The number of rotatable bonds is 15. The van der Waals surface area contributed by atoms with Gasteiger partial charge < -0.3 is 35.2 Å². The minimum Gasteiger partial charge on any atom is -0.394 e. The highest BCUT2D eigenvalue weighted by Crippen LogP contribution is 2.61. The van der Waals surface area contributed by atoms with Crippen molar-refractivity contribution < 1.29 is 57.1 Å². The number of phosphoric acid groups is 2. The quantitative estimate of drug-likeness (QED) is 0.0986. The highest BCUT2D eigenvalue weighted by Gasteiger charge is 2.49. The van der Waals surface area contributed by atoms with Crippen molar-refractivity contribution in [3.8, 4) is 0 Å². The van der Waals surface area contributed by atoms with E-state index in [9.17, 15) is 39.0 Å². The Morgan fingerprint density at radius 1 is 1.14 bits per heavy atom. The Kier molecular flexibility index (Phi) is 13.8. The zero-order valence-corrected chi connectivity index (χ0v) is 22.3. The van der Waals surface area contributed by atoms with Crippen LogP contribution in [0.3, 0.4) is 0 Å². The van der Waals surface area contributed by atoms with Crippen molar-refractivity contribution in [2.45, 2.75) is 90.4 Å². The minimum atomic E-state index is -5.34. The first-order valence-electron chi connectivity index (χ1n) is 11.5. The van der Waals surface area contributed by atoms with Gasteiger partial charge in [0.1, 0.15) is 24.4 Å². The van der Waals surface area contributed by atoms with Crippen LogP contribution in [-0.2, 0) is 32.0 Å². The fourth-order valence-corrected chi connectivity index (χ4v) is 5.50. The van der Waals surface area contributed by atoms with E-state index >= 15 is 0 Å². The lowest BCUT2D eigenvalue weighted by Gasteiger charge is -2.42. The molecule has 0 bridgehead atoms. The molecule has 0 aromatic rings. The van der Waals surface area contributed by atoms with Gasteiger partial charge in [0.15, 0.2) is 6.29 Å². The predicted molar refractivity (Wildman–Crippen MR) is 125 cm³/mol. The molecule has 0 aliphatic carbocycles. The van der Waals surface area contributed by atoms with Gasteiger partial charge in [-0.3, -0.25) is 13.8 Å². The summed E-state index contributed by atoms with van der Waals surface area (Å²) in [5.41, 5.74) is 1.31. The van der Waals surface area contributed by atoms with Crippen molar-refractivity contribution >= 4 is 21.6 Å². The molecular formula is C20H39NO12P2. The summed E-state index contributed by atoms with van der Waals surface area (Å²) in [6.07, 6.45) is -0.438. The van der Waals surface area contributed by atoms with Crippen LogP contribution in [0.1, 0.15) is 59.8 Å². The minimum absolute atomic E-state index is 0.167. The second kappa shape index (κ2) is 14.9. The van der Waals surface area contributed by atoms with Crippen LogP contribution in [0.5, 0.6) is 0 Å². The van der Waals surface area contributed by atoms with Gasteiger partial charge in [-0.25, -0.2) is 9.13 Å². The van der Waals surface area contributed by atoms with E-state index in [0.717, 1.165) is 32.6 Å². The van der Waals surface area contributed by atoms with Crippen molar-refractivity contribution in [3.63, 3.8) is 0 Å². The van der Waals surface area contributed by atoms with E-state index in [-0.39, 0.29) is 12.5 Å². The molecule has 0 aromatic heterocycles. The number of hydrogen-bond donors (Lipinski definition) is 6. The van der Waals surface area contributed by atoms with Gasteiger partial charge in [0, 0.05) is 6.92 Å². The van der Waals surface area contributed by atoms with E-state index in [1.165, 1.54) is 5.57 Å². The van der Waals surface area contributed by atoms with E-state index in [1.807, 2.05) is 6.92 Å². The zero-order chi connectivity index (χ0) is 26.8. The van der Waals surface area contributed by atoms with Gasteiger partial charge in [-0.05, 0) is 38.5 Å². The Hall–Kier alpha value is -0.690. The number of allylic oxidation sites excluding steroid dienone is 2. The lowest BCUT2D eigenvalue weighted by molar-refractivity contribution is -0.247. The molecule has 1 heterocycles. The number of nitrogens with one attached hydrogen (secondary N) is 1. The molecule has 1 aliphatic rings. The number of ether oxygens (including phenoxy) is 1. The lowest BCUT2D eigenvalue weighted by atomic mass is 9.97. The summed E-state index contributed by atoms with van der Waals surface area (Å²) in [6.45, 7) is 6.16. The van der Waals surface area contributed by atoms with Gasteiger partial charge in [-0.2, -0.15) is 4.31 Å².